The Balaban J connectivity index is 1.40. The number of hydrogen-bond donors (Lipinski definition) is 2. The fourth-order valence-corrected chi connectivity index (χ4v) is 3.25. The summed E-state index contributed by atoms with van der Waals surface area (Å²) in [5.41, 5.74) is 5.48. The number of aromatic nitrogens is 2. The van der Waals surface area contributed by atoms with Crippen molar-refractivity contribution in [3.05, 3.63) is 107 Å². The van der Waals surface area contributed by atoms with Crippen molar-refractivity contribution < 1.29 is 4.79 Å². The Morgan fingerprint density at radius 2 is 1.71 bits per heavy atom. The van der Waals surface area contributed by atoms with Crippen molar-refractivity contribution in [3.8, 4) is 11.3 Å². The van der Waals surface area contributed by atoms with Crippen LogP contribution in [0, 0.1) is 6.92 Å². The van der Waals surface area contributed by atoms with Crippen LogP contribution in [-0.2, 0) is 6.54 Å². The molecule has 6 heteroatoms. The molecule has 0 bridgehead atoms. The molecule has 3 aromatic carbocycles. The van der Waals surface area contributed by atoms with Crippen LogP contribution in [0.5, 0.6) is 0 Å². The molecule has 0 spiro atoms. The Bertz CT molecular complexity index is 1190. The fraction of sp³-hybridized carbons (Fsp3) is 0.0800. The molecule has 0 radical (unpaired) electrons. The number of carbonyl (C=O) groups is 1. The van der Waals surface area contributed by atoms with E-state index in [1.165, 1.54) is 5.56 Å². The van der Waals surface area contributed by atoms with Gasteiger partial charge in [-0.2, -0.15) is 0 Å². The van der Waals surface area contributed by atoms with Crippen LogP contribution >= 0.6 is 11.6 Å². The molecule has 0 fully saturated rings. The van der Waals surface area contributed by atoms with Crippen molar-refractivity contribution in [2.75, 3.05) is 5.32 Å². The van der Waals surface area contributed by atoms with Gasteiger partial charge < -0.3 is 10.6 Å². The van der Waals surface area contributed by atoms with Gasteiger partial charge in [-0.25, -0.2) is 9.97 Å². The topological polar surface area (TPSA) is 66.9 Å². The van der Waals surface area contributed by atoms with E-state index in [1.807, 2.05) is 42.5 Å². The van der Waals surface area contributed by atoms with Crippen LogP contribution in [0.2, 0.25) is 5.02 Å². The van der Waals surface area contributed by atoms with Gasteiger partial charge in [0.2, 0.25) is 0 Å². The minimum atomic E-state index is -0.134. The lowest BCUT2D eigenvalue weighted by atomic mass is 10.1. The third-order valence-corrected chi connectivity index (χ3v) is 5.02. The summed E-state index contributed by atoms with van der Waals surface area (Å²) in [4.78, 5) is 21.1. The van der Waals surface area contributed by atoms with E-state index in [0.29, 0.717) is 22.9 Å². The van der Waals surface area contributed by atoms with Gasteiger partial charge in [0.15, 0.2) is 0 Å². The smallest absolute Gasteiger partial charge is 0.251 e. The molecule has 4 rings (SSSR count). The first-order chi connectivity index (χ1) is 15.1. The molecule has 0 saturated carbocycles. The predicted molar refractivity (Wildman–Crippen MR) is 125 cm³/mol. The van der Waals surface area contributed by atoms with E-state index in [1.54, 1.807) is 30.6 Å². The number of rotatable bonds is 6. The molecule has 1 heterocycles. The number of anilines is 2. The Hall–Kier alpha value is -3.70. The van der Waals surface area contributed by atoms with Crippen LogP contribution in [0.25, 0.3) is 11.3 Å². The molecule has 2 N–H and O–H groups in total. The summed E-state index contributed by atoms with van der Waals surface area (Å²) in [5, 5.41) is 6.85. The average Bonchev–Trinajstić information content (AvgIpc) is 2.79. The average molecular weight is 429 g/mol. The van der Waals surface area contributed by atoms with Crippen molar-refractivity contribution in [3.63, 3.8) is 0 Å². The largest absolute Gasteiger partial charge is 0.348 e. The summed E-state index contributed by atoms with van der Waals surface area (Å²) >= 11 is 5.89. The fourth-order valence-electron chi connectivity index (χ4n) is 3.13. The third-order valence-electron chi connectivity index (χ3n) is 4.77. The standard InChI is InChI=1S/C25H21ClN4O/c1-17-3-2-4-20(13-17)23-14-24(29-16-28-23)30-22-11-7-19(8-12-22)25(31)27-15-18-5-9-21(26)10-6-18/h2-14,16H,15H2,1H3,(H,27,31)(H,28,29,30). The highest BCUT2D eigenvalue weighted by Gasteiger charge is 2.07. The number of nitrogens with zero attached hydrogens (tertiary/aromatic N) is 2. The number of nitrogens with one attached hydrogen (secondary N) is 2. The molecule has 0 aliphatic heterocycles. The summed E-state index contributed by atoms with van der Waals surface area (Å²) in [6.45, 7) is 2.50. The second kappa shape index (κ2) is 9.41. The first-order valence-electron chi connectivity index (χ1n) is 9.86. The maximum atomic E-state index is 12.4. The van der Waals surface area contributed by atoms with Gasteiger partial charge in [0.1, 0.15) is 12.1 Å². The molecule has 0 saturated heterocycles. The molecule has 0 aliphatic rings. The number of hydrogen-bond acceptors (Lipinski definition) is 4. The summed E-state index contributed by atoms with van der Waals surface area (Å²) in [5.74, 6) is 0.553. The molecule has 0 unspecified atom stereocenters. The van der Waals surface area contributed by atoms with Crippen LogP contribution in [0.15, 0.2) is 85.2 Å². The molecule has 1 aromatic heterocycles. The Labute approximate surface area is 186 Å². The van der Waals surface area contributed by atoms with E-state index in [2.05, 4.69) is 39.7 Å². The van der Waals surface area contributed by atoms with E-state index in [4.69, 9.17) is 11.6 Å². The number of aryl methyl sites for hydroxylation is 1. The van der Waals surface area contributed by atoms with E-state index < -0.39 is 0 Å². The highest BCUT2D eigenvalue weighted by Crippen LogP contribution is 2.22. The Morgan fingerprint density at radius 3 is 2.45 bits per heavy atom. The second-order valence-electron chi connectivity index (χ2n) is 7.17. The van der Waals surface area contributed by atoms with Gasteiger partial charge in [0.25, 0.3) is 5.91 Å². The van der Waals surface area contributed by atoms with Gasteiger partial charge in [-0.1, -0.05) is 47.5 Å². The molecular formula is C25H21ClN4O. The Kier molecular flexibility index (Phi) is 6.24. The first-order valence-corrected chi connectivity index (χ1v) is 10.2. The summed E-state index contributed by atoms with van der Waals surface area (Å²) in [7, 11) is 0. The molecule has 31 heavy (non-hydrogen) atoms. The summed E-state index contributed by atoms with van der Waals surface area (Å²) < 4.78 is 0. The van der Waals surface area contributed by atoms with Gasteiger partial charge in [-0.05, 0) is 55.0 Å². The SMILES string of the molecule is Cc1cccc(-c2cc(Nc3ccc(C(=O)NCc4ccc(Cl)cc4)cc3)ncn2)c1. The highest BCUT2D eigenvalue weighted by atomic mass is 35.5. The van der Waals surface area contributed by atoms with Gasteiger partial charge in [0, 0.05) is 34.4 Å². The molecule has 5 nitrogen and oxygen atoms in total. The van der Waals surface area contributed by atoms with E-state index >= 15 is 0 Å². The lowest BCUT2D eigenvalue weighted by Gasteiger charge is -2.09. The first kappa shape index (κ1) is 20.6. The van der Waals surface area contributed by atoms with Crippen molar-refractivity contribution in [2.24, 2.45) is 0 Å². The molecule has 0 aliphatic carbocycles. The molecule has 154 valence electrons. The number of benzene rings is 3. The van der Waals surface area contributed by atoms with Crippen molar-refractivity contribution in [2.45, 2.75) is 13.5 Å². The third kappa shape index (κ3) is 5.47. The van der Waals surface area contributed by atoms with Gasteiger partial charge >= 0.3 is 0 Å². The normalized spacial score (nSPS) is 10.5. The molecular weight excluding hydrogens is 408 g/mol. The van der Waals surface area contributed by atoms with Crippen LogP contribution in [0.1, 0.15) is 21.5 Å². The predicted octanol–water partition coefficient (Wildman–Crippen LogP) is 5.78. The van der Waals surface area contributed by atoms with Crippen LogP contribution < -0.4 is 10.6 Å². The lowest BCUT2D eigenvalue weighted by Crippen LogP contribution is -2.22. The number of amides is 1. The minimum Gasteiger partial charge on any atom is -0.348 e. The quantitative estimate of drug-likeness (QED) is 0.408. The summed E-state index contributed by atoms with van der Waals surface area (Å²) in [6, 6.07) is 24.7. The zero-order valence-corrected chi connectivity index (χ0v) is 17.7. The minimum absolute atomic E-state index is 0.134. The monoisotopic (exact) mass is 428 g/mol. The lowest BCUT2D eigenvalue weighted by molar-refractivity contribution is 0.0951. The molecule has 0 atom stereocenters. The highest BCUT2D eigenvalue weighted by molar-refractivity contribution is 6.30. The van der Waals surface area contributed by atoms with Crippen molar-refractivity contribution in [1.29, 1.82) is 0 Å². The number of halogens is 1. The maximum absolute atomic E-state index is 12.4. The van der Waals surface area contributed by atoms with Crippen LogP contribution in [0.4, 0.5) is 11.5 Å². The zero-order chi connectivity index (χ0) is 21.6. The number of carbonyl (C=O) groups excluding carboxylic acids is 1. The van der Waals surface area contributed by atoms with Crippen LogP contribution in [0.3, 0.4) is 0 Å². The molecule has 1 amide bonds. The van der Waals surface area contributed by atoms with Gasteiger partial charge in [-0.15, -0.1) is 0 Å². The van der Waals surface area contributed by atoms with Crippen molar-refractivity contribution in [1.82, 2.24) is 15.3 Å². The second-order valence-corrected chi connectivity index (χ2v) is 7.61. The van der Waals surface area contributed by atoms with Crippen molar-refractivity contribution >= 4 is 29.0 Å². The van der Waals surface area contributed by atoms with Gasteiger partial charge in [-0.3, -0.25) is 4.79 Å². The summed E-state index contributed by atoms with van der Waals surface area (Å²) in [6.07, 6.45) is 1.54. The van der Waals surface area contributed by atoms with Crippen LogP contribution in [-0.4, -0.2) is 15.9 Å². The van der Waals surface area contributed by atoms with E-state index in [9.17, 15) is 4.79 Å². The Morgan fingerprint density at radius 1 is 0.935 bits per heavy atom. The molecule has 4 aromatic rings. The zero-order valence-electron chi connectivity index (χ0n) is 17.0. The van der Waals surface area contributed by atoms with E-state index in [0.717, 1.165) is 22.5 Å². The maximum Gasteiger partial charge on any atom is 0.251 e. The van der Waals surface area contributed by atoms with Gasteiger partial charge in [0.05, 0.1) is 5.69 Å². The van der Waals surface area contributed by atoms with E-state index in [-0.39, 0.29) is 5.91 Å².